The average Bonchev–Trinajstić information content (AvgIpc) is 2.69. The Kier molecular flexibility index (Phi) is 6.30. The number of carbonyl (C=O) groups excluding carboxylic acids is 1. The molecule has 4 nitrogen and oxygen atoms in total. The highest BCUT2D eigenvalue weighted by molar-refractivity contribution is 6.30. The Morgan fingerprint density at radius 3 is 2.58 bits per heavy atom. The van der Waals surface area contributed by atoms with E-state index >= 15 is 0 Å². The average molecular weight is 373 g/mol. The molecule has 1 aliphatic rings. The predicted molar refractivity (Wildman–Crippen MR) is 104 cm³/mol. The summed E-state index contributed by atoms with van der Waals surface area (Å²) < 4.78 is 5.91. The van der Waals surface area contributed by atoms with Gasteiger partial charge in [0.1, 0.15) is 12.1 Å². The highest BCUT2D eigenvalue weighted by Crippen LogP contribution is 2.27. The van der Waals surface area contributed by atoms with Gasteiger partial charge in [0.15, 0.2) is 0 Å². The van der Waals surface area contributed by atoms with Crippen molar-refractivity contribution < 1.29 is 9.53 Å². The van der Waals surface area contributed by atoms with Crippen LogP contribution in [0.5, 0.6) is 0 Å². The highest BCUT2D eigenvalue weighted by atomic mass is 35.5. The second-order valence-corrected chi connectivity index (χ2v) is 7.02. The quantitative estimate of drug-likeness (QED) is 0.797. The summed E-state index contributed by atoms with van der Waals surface area (Å²) in [7, 11) is 1.99. The highest BCUT2D eigenvalue weighted by Gasteiger charge is 2.32. The molecule has 138 valence electrons. The summed E-state index contributed by atoms with van der Waals surface area (Å²) in [6, 6.07) is 17.4. The molecule has 2 unspecified atom stereocenters. The van der Waals surface area contributed by atoms with Crippen LogP contribution in [0.4, 0.5) is 0 Å². The number of benzene rings is 2. The molecule has 0 spiro atoms. The molecule has 5 heteroatoms. The Morgan fingerprint density at radius 1 is 1.23 bits per heavy atom. The molecule has 3 rings (SSSR count). The fourth-order valence-electron chi connectivity index (χ4n) is 3.30. The van der Waals surface area contributed by atoms with Crippen molar-refractivity contribution in [3.63, 3.8) is 0 Å². The smallest absolute Gasteiger partial charge is 0.244 e. The minimum atomic E-state index is -0.273. The number of nitrogens with zero attached hydrogens (tertiary/aromatic N) is 2. The van der Waals surface area contributed by atoms with Crippen LogP contribution in [0.1, 0.15) is 30.2 Å². The normalized spacial score (nSPS) is 18.8. The number of ether oxygens (including phenoxy) is 1. The van der Waals surface area contributed by atoms with E-state index in [9.17, 15) is 4.79 Å². The van der Waals surface area contributed by atoms with Crippen molar-refractivity contribution in [1.82, 2.24) is 9.80 Å². The van der Waals surface area contributed by atoms with Gasteiger partial charge >= 0.3 is 0 Å². The monoisotopic (exact) mass is 372 g/mol. The summed E-state index contributed by atoms with van der Waals surface area (Å²) in [4.78, 5) is 17.3. The van der Waals surface area contributed by atoms with E-state index in [1.54, 1.807) is 0 Å². The zero-order valence-electron chi connectivity index (χ0n) is 15.3. The van der Waals surface area contributed by atoms with Gasteiger partial charge in [-0.05, 0) is 36.9 Å². The zero-order chi connectivity index (χ0) is 18.5. The summed E-state index contributed by atoms with van der Waals surface area (Å²) in [6.07, 6.45) is -0.117. The van der Waals surface area contributed by atoms with Gasteiger partial charge in [-0.1, -0.05) is 61.0 Å². The van der Waals surface area contributed by atoms with E-state index in [0.717, 1.165) is 17.7 Å². The van der Waals surface area contributed by atoms with Crippen LogP contribution in [-0.2, 0) is 9.53 Å². The fraction of sp³-hybridized carbons (Fsp3) is 0.381. The molecule has 2 aromatic rings. The van der Waals surface area contributed by atoms with Crippen LogP contribution in [0.15, 0.2) is 54.6 Å². The summed E-state index contributed by atoms with van der Waals surface area (Å²) in [5, 5.41) is 0.700. The molecule has 1 heterocycles. The lowest BCUT2D eigenvalue weighted by Crippen LogP contribution is -2.47. The van der Waals surface area contributed by atoms with Crippen molar-refractivity contribution >= 4 is 17.5 Å². The third kappa shape index (κ3) is 4.26. The van der Waals surface area contributed by atoms with E-state index in [4.69, 9.17) is 16.3 Å². The maximum atomic E-state index is 13.3. The number of amides is 1. The zero-order valence-corrected chi connectivity index (χ0v) is 16.0. The van der Waals surface area contributed by atoms with E-state index in [0.29, 0.717) is 24.7 Å². The molecule has 2 atom stereocenters. The lowest BCUT2D eigenvalue weighted by atomic mass is 10.0. The maximum absolute atomic E-state index is 13.3. The van der Waals surface area contributed by atoms with Gasteiger partial charge in [0.05, 0.1) is 13.2 Å². The largest absolute Gasteiger partial charge is 0.370 e. The second-order valence-electron chi connectivity index (χ2n) is 6.58. The van der Waals surface area contributed by atoms with Gasteiger partial charge in [0, 0.05) is 11.6 Å². The Labute approximate surface area is 160 Å². The molecule has 2 aromatic carbocycles. The number of carbonyl (C=O) groups is 1. The summed E-state index contributed by atoms with van der Waals surface area (Å²) >= 11 is 5.98. The molecule has 1 amide bonds. The first-order valence-electron chi connectivity index (χ1n) is 9.01. The van der Waals surface area contributed by atoms with Gasteiger partial charge in [-0.25, -0.2) is 0 Å². The van der Waals surface area contributed by atoms with Crippen LogP contribution < -0.4 is 0 Å². The molecule has 0 N–H and O–H groups in total. The van der Waals surface area contributed by atoms with E-state index in [2.05, 4.69) is 11.8 Å². The molecule has 0 aromatic heterocycles. The first-order chi connectivity index (χ1) is 12.6. The molecule has 26 heavy (non-hydrogen) atoms. The molecule has 1 fully saturated rings. The Balaban J connectivity index is 1.79. The number of hydrogen-bond donors (Lipinski definition) is 0. The Hall–Kier alpha value is -1.88. The van der Waals surface area contributed by atoms with Crippen LogP contribution in [0, 0.1) is 0 Å². The summed E-state index contributed by atoms with van der Waals surface area (Å²) in [6.45, 7) is 4.58. The van der Waals surface area contributed by atoms with Gasteiger partial charge in [-0.15, -0.1) is 0 Å². The van der Waals surface area contributed by atoms with Gasteiger partial charge in [-0.2, -0.15) is 0 Å². The number of morpholine rings is 1. The molecule has 0 saturated carbocycles. The molecule has 1 aliphatic heterocycles. The van der Waals surface area contributed by atoms with Crippen LogP contribution >= 0.6 is 11.6 Å². The van der Waals surface area contributed by atoms with E-state index in [-0.39, 0.29) is 18.1 Å². The number of likely N-dealkylation sites (N-methyl/N-ethyl adjacent to an activating group) is 1. The molecule has 0 aliphatic carbocycles. The van der Waals surface area contributed by atoms with Crippen molar-refractivity contribution in [2.24, 2.45) is 0 Å². The topological polar surface area (TPSA) is 32.8 Å². The van der Waals surface area contributed by atoms with Crippen molar-refractivity contribution in [1.29, 1.82) is 0 Å². The number of hydrogen-bond acceptors (Lipinski definition) is 3. The predicted octanol–water partition coefficient (Wildman–Crippen LogP) is 3.93. The van der Waals surface area contributed by atoms with E-state index in [1.807, 2.05) is 66.5 Å². The van der Waals surface area contributed by atoms with Gasteiger partial charge in [-0.3, -0.25) is 9.69 Å². The van der Waals surface area contributed by atoms with Crippen molar-refractivity contribution in [2.45, 2.75) is 19.1 Å². The third-order valence-corrected chi connectivity index (χ3v) is 5.16. The summed E-state index contributed by atoms with van der Waals surface area (Å²) in [5.41, 5.74) is 2.07. The van der Waals surface area contributed by atoms with E-state index < -0.39 is 0 Å². The van der Waals surface area contributed by atoms with Crippen molar-refractivity contribution in [2.75, 3.05) is 33.3 Å². The van der Waals surface area contributed by atoms with Crippen LogP contribution in [0.3, 0.4) is 0 Å². The lowest BCUT2D eigenvalue weighted by molar-refractivity contribution is -0.144. The first kappa shape index (κ1) is 18.9. The summed E-state index contributed by atoms with van der Waals surface area (Å²) in [5.74, 6) is 0.128. The molecular weight excluding hydrogens is 348 g/mol. The minimum Gasteiger partial charge on any atom is -0.370 e. The number of rotatable bonds is 5. The van der Waals surface area contributed by atoms with Crippen LogP contribution in [-0.4, -0.2) is 49.0 Å². The maximum Gasteiger partial charge on any atom is 0.244 e. The van der Waals surface area contributed by atoms with Gasteiger partial charge < -0.3 is 9.64 Å². The van der Waals surface area contributed by atoms with Crippen molar-refractivity contribution in [3.05, 3.63) is 70.7 Å². The standard InChI is InChI=1S/C21H25ClN2O2/c1-3-23(2)20(17-7-5-4-6-8-17)21(25)24-13-14-26-19(15-24)16-9-11-18(22)12-10-16/h4-12,19-20H,3,13-15H2,1-2H3. The lowest BCUT2D eigenvalue weighted by Gasteiger charge is -2.37. The van der Waals surface area contributed by atoms with E-state index in [1.165, 1.54) is 0 Å². The Morgan fingerprint density at radius 2 is 1.92 bits per heavy atom. The first-order valence-corrected chi connectivity index (χ1v) is 9.39. The van der Waals surface area contributed by atoms with Crippen LogP contribution in [0.2, 0.25) is 5.02 Å². The van der Waals surface area contributed by atoms with Gasteiger partial charge in [0.25, 0.3) is 0 Å². The fourth-order valence-corrected chi connectivity index (χ4v) is 3.43. The SMILES string of the molecule is CCN(C)C(C(=O)N1CCOC(c2ccc(Cl)cc2)C1)c1ccccc1. The molecule has 0 radical (unpaired) electrons. The second kappa shape index (κ2) is 8.67. The Bertz CT molecular complexity index is 721. The third-order valence-electron chi connectivity index (χ3n) is 4.91. The molecule has 0 bridgehead atoms. The van der Waals surface area contributed by atoms with Crippen LogP contribution in [0.25, 0.3) is 0 Å². The number of halogens is 1. The molecule has 1 saturated heterocycles. The van der Waals surface area contributed by atoms with Gasteiger partial charge in [0.2, 0.25) is 5.91 Å². The molecular formula is C21H25ClN2O2. The van der Waals surface area contributed by atoms with Crippen molar-refractivity contribution in [3.8, 4) is 0 Å². The minimum absolute atomic E-state index is 0.117.